The lowest BCUT2D eigenvalue weighted by Crippen LogP contribution is -2.32. The van der Waals surface area contributed by atoms with Crippen molar-refractivity contribution in [1.29, 1.82) is 0 Å². The zero-order valence-corrected chi connectivity index (χ0v) is 20.8. The summed E-state index contributed by atoms with van der Waals surface area (Å²) < 4.78 is 21.6. The molecule has 35 heavy (non-hydrogen) atoms. The number of anilines is 2. The molecule has 0 aliphatic heterocycles. The van der Waals surface area contributed by atoms with Crippen molar-refractivity contribution in [2.45, 2.75) is 32.6 Å². The molecule has 2 N–H and O–H groups in total. The molecule has 0 aliphatic rings. The highest BCUT2D eigenvalue weighted by Gasteiger charge is 2.27. The molecule has 1 amide bonds. The average Bonchev–Trinajstić information content (AvgIpc) is 3.40. The molecule has 0 fully saturated rings. The second kappa shape index (κ2) is 12.1. The summed E-state index contributed by atoms with van der Waals surface area (Å²) in [5, 5.41) is 6.79. The molecule has 0 atom stereocenters. The Kier molecular flexibility index (Phi) is 8.91. The molecule has 4 rings (SSSR count). The molecule has 0 bridgehead atoms. The standard InChI is InChI=1S/C23H21FN6O2S.C2H6/c1-23(2,14-24)22(31)27-16-6-4-7-17(12-16)30-33-18-8-3-5-15(11-18)20-28-21(32-29-20)19-13-25-9-10-26-19;1-2/h3-13,30H,14H2,1-2H3,(H,27,31);1-2H3. The van der Waals surface area contributed by atoms with E-state index in [2.05, 4.69) is 30.1 Å². The third-order valence-corrected chi connectivity index (χ3v) is 5.48. The van der Waals surface area contributed by atoms with E-state index in [1.807, 2.05) is 50.2 Å². The zero-order chi connectivity index (χ0) is 25.3. The fourth-order valence-electron chi connectivity index (χ4n) is 2.69. The van der Waals surface area contributed by atoms with Crippen LogP contribution in [0, 0.1) is 5.41 Å². The molecule has 2 heterocycles. The summed E-state index contributed by atoms with van der Waals surface area (Å²) in [5.41, 5.74) is 1.58. The Hall–Kier alpha value is -3.79. The Labute approximate surface area is 207 Å². The lowest BCUT2D eigenvalue weighted by atomic mass is 9.94. The summed E-state index contributed by atoms with van der Waals surface area (Å²) in [6.07, 6.45) is 4.69. The Morgan fingerprint density at radius 3 is 2.60 bits per heavy atom. The SMILES string of the molecule is CC.CC(C)(CF)C(=O)Nc1cccc(NSc2cccc(-c3noc(-c4cnccn4)n3)c2)c1. The van der Waals surface area contributed by atoms with E-state index in [0.717, 1.165) is 16.1 Å². The molecular formula is C25H27FN6O2S. The minimum absolute atomic E-state index is 0.295. The van der Waals surface area contributed by atoms with E-state index >= 15 is 0 Å². The number of alkyl halides is 1. The topological polar surface area (TPSA) is 106 Å². The normalized spacial score (nSPS) is 10.8. The Morgan fingerprint density at radius 1 is 1.09 bits per heavy atom. The number of hydrogen-bond acceptors (Lipinski definition) is 8. The quantitative estimate of drug-likeness (QED) is 0.276. The number of nitrogens with zero attached hydrogens (tertiary/aromatic N) is 4. The van der Waals surface area contributed by atoms with Crippen molar-refractivity contribution in [3.8, 4) is 23.0 Å². The highest BCUT2D eigenvalue weighted by atomic mass is 32.2. The van der Waals surface area contributed by atoms with Crippen LogP contribution in [-0.4, -0.2) is 32.7 Å². The number of carbonyl (C=O) groups excluding carboxylic acids is 1. The smallest absolute Gasteiger partial charge is 0.278 e. The molecule has 0 saturated carbocycles. The summed E-state index contributed by atoms with van der Waals surface area (Å²) in [7, 11) is 0. The first-order valence-electron chi connectivity index (χ1n) is 11.1. The van der Waals surface area contributed by atoms with Gasteiger partial charge in [-0.15, -0.1) is 0 Å². The van der Waals surface area contributed by atoms with Crippen molar-refractivity contribution < 1.29 is 13.7 Å². The van der Waals surface area contributed by atoms with Crippen molar-refractivity contribution in [1.82, 2.24) is 20.1 Å². The third-order valence-electron chi connectivity index (χ3n) is 4.66. The largest absolute Gasteiger partial charge is 0.332 e. The van der Waals surface area contributed by atoms with Crippen LogP contribution in [0.5, 0.6) is 0 Å². The number of nitrogens with one attached hydrogen (secondary N) is 2. The van der Waals surface area contributed by atoms with Gasteiger partial charge in [0, 0.05) is 34.2 Å². The first-order valence-corrected chi connectivity index (χ1v) is 11.9. The van der Waals surface area contributed by atoms with Gasteiger partial charge < -0.3 is 14.6 Å². The molecule has 2 aromatic carbocycles. The summed E-state index contributed by atoms with van der Waals surface area (Å²) in [6.45, 7) is 6.39. The van der Waals surface area contributed by atoms with Crippen molar-refractivity contribution in [3.05, 3.63) is 67.1 Å². The molecule has 182 valence electrons. The summed E-state index contributed by atoms with van der Waals surface area (Å²) >= 11 is 1.39. The highest BCUT2D eigenvalue weighted by molar-refractivity contribution is 8.00. The van der Waals surface area contributed by atoms with Crippen molar-refractivity contribution in [3.63, 3.8) is 0 Å². The maximum absolute atomic E-state index is 13.1. The highest BCUT2D eigenvalue weighted by Crippen LogP contribution is 2.28. The van der Waals surface area contributed by atoms with Crippen molar-refractivity contribution >= 4 is 29.2 Å². The Bertz CT molecular complexity index is 1250. The van der Waals surface area contributed by atoms with Crippen molar-refractivity contribution in [2.24, 2.45) is 5.41 Å². The first-order chi connectivity index (χ1) is 16.9. The van der Waals surface area contributed by atoms with E-state index in [0.29, 0.717) is 23.1 Å². The fourth-order valence-corrected chi connectivity index (χ4v) is 3.39. The summed E-state index contributed by atoms with van der Waals surface area (Å²) in [5.74, 6) is 0.367. The molecule has 2 aromatic heterocycles. The second-order valence-corrected chi connectivity index (χ2v) is 8.68. The number of halogens is 1. The van der Waals surface area contributed by atoms with Crippen LogP contribution in [0.25, 0.3) is 23.0 Å². The lowest BCUT2D eigenvalue weighted by molar-refractivity contribution is -0.124. The number of hydrogen-bond donors (Lipinski definition) is 2. The first kappa shape index (κ1) is 25.8. The van der Waals surface area contributed by atoms with Gasteiger partial charge in [0.2, 0.25) is 11.7 Å². The van der Waals surface area contributed by atoms with Crippen LogP contribution in [0.4, 0.5) is 15.8 Å². The molecule has 0 saturated heterocycles. The van der Waals surface area contributed by atoms with Gasteiger partial charge in [0.15, 0.2) is 0 Å². The second-order valence-electron chi connectivity index (χ2n) is 7.80. The third kappa shape index (κ3) is 6.86. The van der Waals surface area contributed by atoms with Gasteiger partial charge in [-0.25, -0.2) is 9.37 Å². The minimum atomic E-state index is -1.08. The molecule has 0 unspecified atom stereocenters. The lowest BCUT2D eigenvalue weighted by Gasteiger charge is -2.19. The molecule has 4 aromatic rings. The van der Waals surface area contributed by atoms with Crippen LogP contribution in [0.2, 0.25) is 0 Å². The average molecular weight is 495 g/mol. The maximum atomic E-state index is 13.1. The molecule has 10 heteroatoms. The van der Waals surface area contributed by atoms with Crippen LogP contribution in [-0.2, 0) is 4.79 Å². The fraction of sp³-hybridized carbons (Fsp3) is 0.240. The van der Waals surface area contributed by atoms with E-state index in [1.165, 1.54) is 11.9 Å². The van der Waals surface area contributed by atoms with E-state index in [-0.39, 0.29) is 5.91 Å². The number of benzene rings is 2. The number of aromatic nitrogens is 4. The summed E-state index contributed by atoms with van der Waals surface area (Å²) in [6, 6.07) is 14.9. The van der Waals surface area contributed by atoms with Gasteiger partial charge in [-0.05, 0) is 56.1 Å². The number of rotatable bonds is 8. The van der Waals surface area contributed by atoms with E-state index in [4.69, 9.17) is 4.52 Å². The predicted molar refractivity (Wildman–Crippen MR) is 136 cm³/mol. The van der Waals surface area contributed by atoms with Gasteiger partial charge >= 0.3 is 0 Å². The van der Waals surface area contributed by atoms with Gasteiger partial charge in [0.1, 0.15) is 12.4 Å². The molecule has 0 aliphatic carbocycles. The van der Waals surface area contributed by atoms with Crippen LogP contribution in [0.15, 0.2) is 76.5 Å². The summed E-state index contributed by atoms with van der Waals surface area (Å²) in [4.78, 5) is 25.7. The van der Waals surface area contributed by atoms with Gasteiger partial charge in [-0.2, -0.15) is 4.98 Å². The minimum Gasteiger partial charge on any atom is -0.332 e. The monoisotopic (exact) mass is 494 g/mol. The Balaban J connectivity index is 0.00000167. The van der Waals surface area contributed by atoms with E-state index in [9.17, 15) is 9.18 Å². The predicted octanol–water partition coefficient (Wildman–Crippen LogP) is 6.27. The number of carbonyl (C=O) groups is 1. The van der Waals surface area contributed by atoms with Crippen LogP contribution in [0.1, 0.15) is 27.7 Å². The van der Waals surface area contributed by atoms with Gasteiger partial charge in [0.25, 0.3) is 5.89 Å². The van der Waals surface area contributed by atoms with Gasteiger partial charge in [-0.1, -0.05) is 37.2 Å². The zero-order valence-electron chi connectivity index (χ0n) is 19.9. The van der Waals surface area contributed by atoms with E-state index < -0.39 is 12.1 Å². The van der Waals surface area contributed by atoms with Gasteiger partial charge in [0.05, 0.1) is 11.6 Å². The Morgan fingerprint density at radius 2 is 1.86 bits per heavy atom. The number of amides is 1. The molecule has 0 spiro atoms. The van der Waals surface area contributed by atoms with Crippen LogP contribution >= 0.6 is 11.9 Å². The van der Waals surface area contributed by atoms with Crippen molar-refractivity contribution in [2.75, 3.05) is 16.7 Å². The van der Waals surface area contributed by atoms with E-state index in [1.54, 1.807) is 44.6 Å². The molecular weight excluding hydrogens is 467 g/mol. The molecule has 8 nitrogen and oxygen atoms in total. The molecule has 0 radical (unpaired) electrons. The van der Waals surface area contributed by atoms with Gasteiger partial charge in [-0.3, -0.25) is 9.78 Å². The van der Waals surface area contributed by atoms with Crippen LogP contribution < -0.4 is 10.0 Å². The maximum Gasteiger partial charge on any atom is 0.278 e. The van der Waals surface area contributed by atoms with Crippen LogP contribution in [0.3, 0.4) is 0 Å².